The molecule has 0 amide bonds. The zero-order chi connectivity index (χ0) is 18.4. The molecule has 1 heterocycles. The summed E-state index contributed by atoms with van der Waals surface area (Å²) < 4.78 is 11.0. The van der Waals surface area contributed by atoms with Crippen LogP contribution in [0.15, 0.2) is 55.3 Å². The van der Waals surface area contributed by atoms with Crippen molar-refractivity contribution >= 4 is 22.5 Å². The number of aromatic nitrogens is 1. The van der Waals surface area contributed by atoms with Gasteiger partial charge in [0.05, 0.1) is 18.7 Å². The van der Waals surface area contributed by atoms with E-state index >= 15 is 0 Å². The average Bonchev–Trinajstić information content (AvgIpc) is 3.07. The van der Waals surface area contributed by atoms with Gasteiger partial charge in [0.1, 0.15) is 13.2 Å². The fourth-order valence-corrected chi connectivity index (χ4v) is 3.33. The van der Waals surface area contributed by atoms with E-state index in [1.807, 2.05) is 18.2 Å². The van der Waals surface area contributed by atoms with Crippen LogP contribution >= 0.6 is 11.6 Å². The molecule has 0 radical (unpaired) electrons. The first-order valence-electron chi connectivity index (χ1n) is 8.69. The lowest BCUT2D eigenvalue weighted by atomic mass is 10.1. The number of halogens is 1. The second-order valence-corrected chi connectivity index (χ2v) is 6.51. The van der Waals surface area contributed by atoms with Crippen LogP contribution in [-0.4, -0.2) is 25.2 Å². The van der Waals surface area contributed by atoms with Gasteiger partial charge in [-0.05, 0) is 23.8 Å². The molecule has 0 atom stereocenters. The van der Waals surface area contributed by atoms with E-state index in [2.05, 4.69) is 41.3 Å². The Kier molecular flexibility index (Phi) is 6.21. The first-order valence-corrected chi connectivity index (χ1v) is 9.07. The molecule has 3 N–H and O–H groups in total. The second-order valence-electron chi connectivity index (χ2n) is 6.10. The Hall–Kier alpha value is -2.43. The number of nitrogens with two attached hydrogens (primary N) is 1. The molecule has 4 nitrogen and oxygen atoms in total. The summed E-state index contributed by atoms with van der Waals surface area (Å²) >= 11 is 6.35. The number of hydrogen-bond donors (Lipinski definition) is 2. The Bertz CT molecular complexity index is 889. The van der Waals surface area contributed by atoms with Crippen molar-refractivity contribution in [1.82, 2.24) is 4.98 Å². The Morgan fingerprint density at radius 1 is 1.27 bits per heavy atom. The van der Waals surface area contributed by atoms with Crippen LogP contribution in [0, 0.1) is 0 Å². The van der Waals surface area contributed by atoms with Crippen LogP contribution in [0.25, 0.3) is 10.9 Å². The third-order valence-corrected chi connectivity index (χ3v) is 4.59. The molecule has 0 fully saturated rings. The molecule has 0 aliphatic rings. The molecule has 0 aliphatic carbocycles. The highest BCUT2D eigenvalue weighted by Gasteiger charge is 2.12. The van der Waals surface area contributed by atoms with E-state index in [4.69, 9.17) is 21.1 Å². The molecule has 26 heavy (non-hydrogen) atoms. The zero-order valence-corrected chi connectivity index (χ0v) is 15.7. The Balaban J connectivity index is 1.59. The summed E-state index contributed by atoms with van der Waals surface area (Å²) in [4.78, 5) is 3.32. The van der Waals surface area contributed by atoms with Gasteiger partial charge in [-0.1, -0.05) is 42.5 Å². The number of fused-ring (bicyclic) bond motifs is 1. The van der Waals surface area contributed by atoms with Crippen molar-refractivity contribution < 1.29 is 14.8 Å². The molecule has 3 rings (SSSR count). The summed E-state index contributed by atoms with van der Waals surface area (Å²) in [6.07, 6.45) is 4.79. The lowest BCUT2D eigenvalue weighted by molar-refractivity contribution is -0.670. The van der Waals surface area contributed by atoms with Gasteiger partial charge in [-0.2, -0.15) is 0 Å². The molecule has 0 spiro atoms. The maximum atomic E-state index is 6.35. The van der Waals surface area contributed by atoms with Gasteiger partial charge in [0.25, 0.3) is 0 Å². The van der Waals surface area contributed by atoms with E-state index in [1.54, 1.807) is 13.2 Å². The van der Waals surface area contributed by atoms with Gasteiger partial charge in [0.2, 0.25) is 0 Å². The van der Waals surface area contributed by atoms with Crippen molar-refractivity contribution in [1.29, 1.82) is 0 Å². The number of para-hydroxylation sites is 1. The third-order valence-electron chi connectivity index (χ3n) is 4.31. The van der Waals surface area contributed by atoms with E-state index in [0.717, 1.165) is 25.1 Å². The summed E-state index contributed by atoms with van der Waals surface area (Å²) in [5.41, 5.74) is 3.64. The van der Waals surface area contributed by atoms with Crippen LogP contribution in [0.2, 0.25) is 5.02 Å². The average molecular weight is 372 g/mol. The quantitative estimate of drug-likeness (QED) is 0.445. The number of ether oxygens (including phenoxy) is 2. The summed E-state index contributed by atoms with van der Waals surface area (Å²) in [7, 11) is 1.62. The van der Waals surface area contributed by atoms with Gasteiger partial charge >= 0.3 is 0 Å². The van der Waals surface area contributed by atoms with Crippen LogP contribution < -0.4 is 14.8 Å². The van der Waals surface area contributed by atoms with Crippen LogP contribution in [0.1, 0.15) is 11.1 Å². The second kappa shape index (κ2) is 8.79. The van der Waals surface area contributed by atoms with E-state index in [-0.39, 0.29) is 0 Å². The maximum Gasteiger partial charge on any atom is 0.180 e. The minimum atomic E-state index is 0.395. The standard InChI is InChI=1S/C21H23ClN2O2/c1-3-10-26-21-18(22)11-15(12-20(21)25-2)13-23-9-8-16-14-24-19-7-5-4-6-17(16)19/h3-7,11-12,14,23-24H,1,8-10,13H2,2H3/p+1. The summed E-state index contributed by atoms with van der Waals surface area (Å²) in [5, 5.41) is 4.14. The Morgan fingerprint density at radius 3 is 2.92 bits per heavy atom. The number of methoxy groups -OCH3 is 1. The molecule has 0 saturated carbocycles. The van der Waals surface area contributed by atoms with Crippen LogP contribution in [0.4, 0.5) is 0 Å². The number of hydrogen-bond acceptors (Lipinski definition) is 2. The van der Waals surface area contributed by atoms with Crippen molar-refractivity contribution in [2.45, 2.75) is 13.0 Å². The molecule has 0 aliphatic heterocycles. The molecule has 136 valence electrons. The van der Waals surface area contributed by atoms with Gasteiger partial charge in [-0.3, -0.25) is 0 Å². The molecular formula is C21H24ClN2O2+. The Labute approximate surface area is 158 Å². The fraction of sp³-hybridized carbons (Fsp3) is 0.238. The third kappa shape index (κ3) is 4.21. The Morgan fingerprint density at radius 2 is 2.12 bits per heavy atom. The SMILES string of the molecule is C=CCOc1c(Cl)cc(C[NH2+]CCc2c[nH]c3ccccc23)cc1OC. The molecule has 0 unspecified atom stereocenters. The largest absolute Gasteiger partial charge is 0.493 e. The number of nitrogens with one attached hydrogen (secondary N) is 1. The topological polar surface area (TPSA) is 50.9 Å². The minimum Gasteiger partial charge on any atom is -0.493 e. The summed E-state index contributed by atoms with van der Waals surface area (Å²) in [6.45, 7) is 5.88. The van der Waals surface area contributed by atoms with Gasteiger partial charge < -0.3 is 19.8 Å². The predicted octanol–water partition coefficient (Wildman–Crippen LogP) is 3.70. The van der Waals surface area contributed by atoms with E-state index < -0.39 is 0 Å². The smallest absolute Gasteiger partial charge is 0.180 e. The van der Waals surface area contributed by atoms with Crippen LogP contribution in [0.5, 0.6) is 11.5 Å². The van der Waals surface area contributed by atoms with Crippen molar-refractivity contribution in [3.05, 3.63) is 71.4 Å². The number of H-pyrrole nitrogens is 1. The summed E-state index contributed by atoms with van der Waals surface area (Å²) in [6, 6.07) is 12.3. The monoisotopic (exact) mass is 371 g/mol. The van der Waals surface area contributed by atoms with Crippen LogP contribution in [-0.2, 0) is 13.0 Å². The lowest BCUT2D eigenvalue weighted by Crippen LogP contribution is -2.83. The first-order chi connectivity index (χ1) is 12.7. The van der Waals surface area contributed by atoms with Crippen molar-refractivity contribution in [2.24, 2.45) is 0 Å². The molecule has 1 aromatic heterocycles. The molecule has 5 heteroatoms. The van der Waals surface area contributed by atoms with E-state index in [0.29, 0.717) is 23.1 Å². The van der Waals surface area contributed by atoms with Crippen molar-refractivity contribution in [2.75, 3.05) is 20.3 Å². The highest BCUT2D eigenvalue weighted by Crippen LogP contribution is 2.36. The highest BCUT2D eigenvalue weighted by molar-refractivity contribution is 6.32. The maximum absolute atomic E-state index is 6.35. The minimum absolute atomic E-state index is 0.395. The first kappa shape index (κ1) is 18.4. The number of rotatable bonds is 9. The molecular weight excluding hydrogens is 348 g/mol. The lowest BCUT2D eigenvalue weighted by Gasteiger charge is -2.13. The van der Waals surface area contributed by atoms with E-state index in [9.17, 15) is 0 Å². The van der Waals surface area contributed by atoms with Crippen molar-refractivity contribution in [3.8, 4) is 11.5 Å². The van der Waals surface area contributed by atoms with E-state index in [1.165, 1.54) is 16.5 Å². The highest BCUT2D eigenvalue weighted by atomic mass is 35.5. The number of aromatic amines is 1. The molecule has 3 aromatic rings. The van der Waals surface area contributed by atoms with Gasteiger partial charge in [0.15, 0.2) is 11.5 Å². The molecule has 2 aromatic carbocycles. The van der Waals surface area contributed by atoms with Gasteiger partial charge in [-0.25, -0.2) is 0 Å². The molecule has 0 saturated heterocycles. The van der Waals surface area contributed by atoms with Gasteiger partial charge in [0, 0.05) is 29.1 Å². The molecule has 0 bridgehead atoms. The summed E-state index contributed by atoms with van der Waals surface area (Å²) in [5.74, 6) is 1.22. The normalized spacial score (nSPS) is 10.8. The predicted molar refractivity (Wildman–Crippen MR) is 106 cm³/mol. The number of quaternary nitrogens is 1. The zero-order valence-electron chi connectivity index (χ0n) is 14.9. The number of benzene rings is 2. The fourth-order valence-electron chi connectivity index (χ4n) is 3.04. The van der Waals surface area contributed by atoms with Crippen LogP contribution in [0.3, 0.4) is 0 Å². The van der Waals surface area contributed by atoms with Gasteiger partial charge in [-0.15, -0.1) is 0 Å². The van der Waals surface area contributed by atoms with Crippen molar-refractivity contribution in [3.63, 3.8) is 0 Å².